The zero-order valence-corrected chi connectivity index (χ0v) is 7.94. The van der Waals surface area contributed by atoms with Gasteiger partial charge in [-0.05, 0) is 36.1 Å². The predicted molar refractivity (Wildman–Crippen MR) is 55.6 cm³/mol. The van der Waals surface area contributed by atoms with Crippen LogP contribution < -0.4 is 0 Å². The molecule has 70 valence electrons. The smallest absolute Gasteiger partial charge is 0.0870 e. The van der Waals surface area contributed by atoms with Gasteiger partial charge in [0.2, 0.25) is 0 Å². The van der Waals surface area contributed by atoms with Crippen molar-refractivity contribution in [1.29, 1.82) is 0 Å². The summed E-state index contributed by atoms with van der Waals surface area (Å²) < 4.78 is 5.09. The van der Waals surface area contributed by atoms with E-state index in [4.69, 9.17) is 4.74 Å². The molecule has 1 aromatic rings. The summed E-state index contributed by atoms with van der Waals surface area (Å²) in [5.74, 6) is 0. The topological polar surface area (TPSA) is 9.23 Å². The highest BCUT2D eigenvalue weighted by Gasteiger charge is 2.33. The molecule has 1 aliphatic heterocycles. The van der Waals surface area contributed by atoms with E-state index in [0.29, 0.717) is 0 Å². The summed E-state index contributed by atoms with van der Waals surface area (Å²) in [6.07, 6.45) is 10.2. The van der Waals surface area contributed by atoms with E-state index in [9.17, 15) is 0 Å². The molecule has 1 nitrogen and oxygen atoms in total. The Balaban J connectivity index is 2.01. The summed E-state index contributed by atoms with van der Waals surface area (Å²) in [7, 11) is 0. The van der Waals surface area contributed by atoms with Crippen LogP contribution in [0.1, 0.15) is 11.1 Å². The van der Waals surface area contributed by atoms with Crippen molar-refractivity contribution >= 4 is 0 Å². The molecule has 2 aliphatic rings. The number of hydrogen-bond donors (Lipinski definition) is 0. The lowest BCUT2D eigenvalue weighted by Gasteiger charge is -2.22. The molecule has 0 unspecified atom stereocenters. The van der Waals surface area contributed by atoms with E-state index in [1.54, 1.807) is 12.5 Å². The van der Waals surface area contributed by atoms with Gasteiger partial charge in [-0.15, -0.1) is 0 Å². The molecule has 0 atom stereocenters. The van der Waals surface area contributed by atoms with E-state index in [-0.39, 0.29) is 5.41 Å². The fraction of sp³-hybridized carbons (Fsp3) is 0.231. The van der Waals surface area contributed by atoms with Gasteiger partial charge < -0.3 is 4.74 Å². The van der Waals surface area contributed by atoms with Crippen LogP contribution in [0.3, 0.4) is 0 Å². The molecule has 0 bridgehead atoms. The largest absolute Gasteiger partial charge is 0.473 e. The van der Waals surface area contributed by atoms with Gasteiger partial charge in [-0.2, -0.15) is 0 Å². The SMILES string of the molecule is C1=CC2(C=CO1)Cc1ccccc1C2. The normalized spacial score (nSPS) is 20.9. The van der Waals surface area contributed by atoms with Crippen molar-refractivity contribution < 1.29 is 4.74 Å². The van der Waals surface area contributed by atoms with Crippen LogP contribution >= 0.6 is 0 Å². The van der Waals surface area contributed by atoms with Crippen molar-refractivity contribution in [2.45, 2.75) is 12.8 Å². The highest BCUT2D eigenvalue weighted by atomic mass is 16.5. The fourth-order valence-electron chi connectivity index (χ4n) is 2.36. The molecule has 0 radical (unpaired) electrons. The van der Waals surface area contributed by atoms with E-state index in [0.717, 1.165) is 12.8 Å². The van der Waals surface area contributed by atoms with Crippen molar-refractivity contribution in [3.05, 3.63) is 60.1 Å². The first kappa shape index (κ1) is 7.86. The second kappa shape index (κ2) is 2.74. The van der Waals surface area contributed by atoms with Gasteiger partial charge in [-0.25, -0.2) is 0 Å². The average molecular weight is 184 g/mol. The van der Waals surface area contributed by atoms with Crippen molar-refractivity contribution in [1.82, 2.24) is 0 Å². The maximum absolute atomic E-state index is 5.09. The zero-order chi connectivity index (χ0) is 9.43. The van der Waals surface area contributed by atoms with Crippen molar-refractivity contribution in [3.8, 4) is 0 Å². The Morgan fingerprint density at radius 1 is 0.929 bits per heavy atom. The van der Waals surface area contributed by atoms with Crippen molar-refractivity contribution in [2.24, 2.45) is 5.41 Å². The molecule has 0 amide bonds. The van der Waals surface area contributed by atoms with Gasteiger partial charge in [0, 0.05) is 5.41 Å². The number of rotatable bonds is 0. The third-order valence-corrected chi connectivity index (χ3v) is 3.11. The summed E-state index contributed by atoms with van der Waals surface area (Å²) in [5, 5.41) is 0. The van der Waals surface area contributed by atoms with Gasteiger partial charge in [-0.3, -0.25) is 0 Å². The van der Waals surface area contributed by atoms with Crippen LogP contribution in [0.5, 0.6) is 0 Å². The quantitative estimate of drug-likeness (QED) is 0.602. The summed E-state index contributed by atoms with van der Waals surface area (Å²) in [6.45, 7) is 0. The lowest BCUT2D eigenvalue weighted by atomic mass is 9.84. The maximum Gasteiger partial charge on any atom is 0.0870 e. The van der Waals surface area contributed by atoms with Gasteiger partial charge in [0.05, 0.1) is 12.5 Å². The van der Waals surface area contributed by atoms with Crippen LogP contribution in [0.25, 0.3) is 0 Å². The molecule has 1 spiro atoms. The molecule has 0 fully saturated rings. The molecule has 0 saturated carbocycles. The molecule has 3 rings (SSSR count). The van der Waals surface area contributed by atoms with Crippen molar-refractivity contribution in [3.63, 3.8) is 0 Å². The first-order valence-corrected chi connectivity index (χ1v) is 4.96. The van der Waals surface area contributed by atoms with E-state index in [1.807, 2.05) is 0 Å². The van der Waals surface area contributed by atoms with Gasteiger partial charge >= 0.3 is 0 Å². The lowest BCUT2D eigenvalue weighted by Crippen LogP contribution is -2.16. The third-order valence-electron chi connectivity index (χ3n) is 3.11. The van der Waals surface area contributed by atoms with Crippen LogP contribution in [0.4, 0.5) is 0 Å². The standard InChI is InChI=1S/C13H12O/c1-2-4-12-10-13(9-11(12)3-1)5-7-14-8-6-13/h1-8H,9-10H2. The highest BCUT2D eigenvalue weighted by Crippen LogP contribution is 2.40. The Kier molecular flexibility index (Phi) is 1.54. The molecule has 1 heterocycles. The van der Waals surface area contributed by atoms with Gasteiger partial charge in [0.25, 0.3) is 0 Å². The van der Waals surface area contributed by atoms with Crippen LogP contribution in [-0.2, 0) is 17.6 Å². The Morgan fingerprint density at radius 3 is 2.07 bits per heavy atom. The molecule has 1 aromatic carbocycles. The van der Waals surface area contributed by atoms with E-state index >= 15 is 0 Å². The van der Waals surface area contributed by atoms with Crippen LogP contribution in [-0.4, -0.2) is 0 Å². The maximum atomic E-state index is 5.09. The number of allylic oxidation sites excluding steroid dienone is 2. The van der Waals surface area contributed by atoms with Gasteiger partial charge in [0.1, 0.15) is 0 Å². The second-order valence-electron chi connectivity index (χ2n) is 4.10. The zero-order valence-electron chi connectivity index (χ0n) is 7.94. The second-order valence-corrected chi connectivity index (χ2v) is 4.10. The van der Waals surface area contributed by atoms with Crippen LogP contribution in [0, 0.1) is 5.41 Å². The first-order chi connectivity index (χ1) is 6.88. The van der Waals surface area contributed by atoms with Crippen LogP contribution in [0.15, 0.2) is 48.9 Å². The summed E-state index contributed by atoms with van der Waals surface area (Å²) in [5.41, 5.74) is 3.15. The van der Waals surface area contributed by atoms with E-state index < -0.39 is 0 Å². The summed E-state index contributed by atoms with van der Waals surface area (Å²) in [6, 6.07) is 8.68. The third kappa shape index (κ3) is 1.09. The minimum Gasteiger partial charge on any atom is -0.473 e. The lowest BCUT2D eigenvalue weighted by molar-refractivity contribution is 0.354. The minimum atomic E-state index is 0.196. The summed E-state index contributed by atoms with van der Waals surface area (Å²) >= 11 is 0. The first-order valence-electron chi connectivity index (χ1n) is 4.96. The number of benzene rings is 1. The number of hydrogen-bond acceptors (Lipinski definition) is 1. The molecule has 0 saturated heterocycles. The van der Waals surface area contributed by atoms with E-state index in [1.165, 1.54) is 11.1 Å². The van der Waals surface area contributed by atoms with Gasteiger partial charge in [-0.1, -0.05) is 24.3 Å². The molecular formula is C13H12O. The number of fused-ring (bicyclic) bond motifs is 1. The molecule has 1 heteroatoms. The average Bonchev–Trinajstić information content (AvgIpc) is 2.56. The van der Waals surface area contributed by atoms with Gasteiger partial charge in [0.15, 0.2) is 0 Å². The van der Waals surface area contributed by atoms with E-state index in [2.05, 4.69) is 36.4 Å². The molecule has 14 heavy (non-hydrogen) atoms. The fourth-order valence-corrected chi connectivity index (χ4v) is 2.36. The monoisotopic (exact) mass is 184 g/mol. The minimum absolute atomic E-state index is 0.196. The predicted octanol–water partition coefficient (Wildman–Crippen LogP) is 2.83. The Bertz CT molecular complexity index is 376. The molecular weight excluding hydrogens is 172 g/mol. The van der Waals surface area contributed by atoms with Crippen molar-refractivity contribution in [2.75, 3.05) is 0 Å². The van der Waals surface area contributed by atoms with Crippen LogP contribution in [0.2, 0.25) is 0 Å². The Morgan fingerprint density at radius 2 is 1.50 bits per heavy atom. The highest BCUT2D eigenvalue weighted by molar-refractivity contribution is 5.39. The summed E-state index contributed by atoms with van der Waals surface area (Å²) in [4.78, 5) is 0. The molecule has 0 N–H and O–H groups in total. The Labute approximate surface area is 83.7 Å². The Hall–Kier alpha value is -1.50. The molecule has 0 aromatic heterocycles. The number of ether oxygens (including phenoxy) is 1. The molecule has 1 aliphatic carbocycles.